The molecule has 3 aromatic rings. The van der Waals surface area contributed by atoms with Crippen LogP contribution in [0, 0.1) is 0 Å². The number of aromatic carboxylic acids is 1. The number of carbonyl (C=O) groups excluding carboxylic acids is 1. The molecule has 0 unspecified atom stereocenters. The average molecular weight is 573 g/mol. The normalized spacial score (nSPS) is 11.1. The summed E-state index contributed by atoms with van der Waals surface area (Å²) in [6.07, 6.45) is 14.6. The van der Waals surface area contributed by atoms with E-state index in [0.29, 0.717) is 35.7 Å². The van der Waals surface area contributed by atoms with E-state index in [1.54, 1.807) is 12.1 Å². The molecule has 0 aliphatic heterocycles. The maximum Gasteiger partial charge on any atom is 0.336 e. The summed E-state index contributed by atoms with van der Waals surface area (Å²) in [5, 5.41) is 9.41. The Morgan fingerprint density at radius 3 is 2.14 bits per heavy atom. The van der Waals surface area contributed by atoms with E-state index in [9.17, 15) is 14.7 Å². The summed E-state index contributed by atoms with van der Waals surface area (Å²) in [6, 6.07) is 18.4. The quantitative estimate of drug-likeness (QED) is 0.0466. The second-order valence-electron chi connectivity index (χ2n) is 10.6. The van der Waals surface area contributed by atoms with Gasteiger partial charge in [-0.3, -0.25) is 0 Å². The Balaban J connectivity index is 1.29. The number of hydrogen-bond acceptors (Lipinski definition) is 6. The smallest absolute Gasteiger partial charge is 0.336 e. The first-order valence-corrected chi connectivity index (χ1v) is 15.0. The maximum atomic E-state index is 12.2. The minimum Gasteiger partial charge on any atom is -0.494 e. The highest BCUT2D eigenvalue weighted by molar-refractivity contribution is 5.92. The zero-order valence-corrected chi connectivity index (χ0v) is 24.6. The fraction of sp³-hybridized carbons (Fsp3) is 0.371. The number of unbranched alkanes of at least 4 members (excludes halogenated alkanes) is 7. The summed E-state index contributed by atoms with van der Waals surface area (Å²) in [6.45, 7) is 2.83. The first kappa shape index (κ1) is 32.3. The van der Waals surface area contributed by atoms with Crippen LogP contribution < -0.4 is 20.9 Å². The minimum atomic E-state index is -1.00. The molecule has 0 aromatic heterocycles. The van der Waals surface area contributed by atoms with Crippen LogP contribution in [0.3, 0.4) is 0 Å². The lowest BCUT2D eigenvalue weighted by molar-refractivity contribution is -0.128. The largest absolute Gasteiger partial charge is 0.494 e. The van der Waals surface area contributed by atoms with E-state index < -0.39 is 11.9 Å². The van der Waals surface area contributed by atoms with E-state index >= 15 is 0 Å². The Labute approximate surface area is 249 Å². The van der Waals surface area contributed by atoms with Crippen LogP contribution in [0.15, 0.2) is 66.7 Å². The number of esters is 1. The number of nitrogen functional groups attached to an aromatic ring is 2. The highest BCUT2D eigenvalue weighted by atomic mass is 16.5. The number of carboxylic acids is 1. The van der Waals surface area contributed by atoms with Crippen LogP contribution >= 0.6 is 0 Å². The number of nitrogens with two attached hydrogens (primary N) is 2. The Morgan fingerprint density at radius 1 is 0.786 bits per heavy atom. The van der Waals surface area contributed by atoms with Gasteiger partial charge in [0, 0.05) is 17.5 Å². The maximum absolute atomic E-state index is 12.2. The standard InChI is InChI=1S/C35H44N2O5/c1-2-3-4-8-11-26-15-20-30(21-16-26)42-34(38)22-17-27-13-18-29(19-14-27)41-23-10-7-5-6-9-12-31-32(35(39)40)24-28(36)25-33(31)37/h13-22,24-25H,2-12,23,36-37H2,1H3,(H,39,40)/b22-17+. The molecule has 0 spiro atoms. The molecule has 3 rings (SSSR count). The number of ether oxygens (including phenoxy) is 2. The average Bonchev–Trinajstić information content (AvgIpc) is 2.97. The number of carboxylic acid groups (broad SMARTS) is 1. The molecule has 0 bridgehead atoms. The predicted molar refractivity (Wildman–Crippen MR) is 170 cm³/mol. The molecule has 0 saturated heterocycles. The zero-order valence-electron chi connectivity index (χ0n) is 24.6. The third-order valence-corrected chi connectivity index (χ3v) is 7.13. The van der Waals surface area contributed by atoms with Crippen molar-refractivity contribution in [3.63, 3.8) is 0 Å². The van der Waals surface area contributed by atoms with E-state index in [4.69, 9.17) is 20.9 Å². The van der Waals surface area contributed by atoms with Crippen LogP contribution in [0.5, 0.6) is 11.5 Å². The molecule has 0 saturated carbocycles. The number of anilines is 2. The van der Waals surface area contributed by atoms with Crippen molar-refractivity contribution in [1.82, 2.24) is 0 Å². The SMILES string of the molecule is CCCCCCc1ccc(OC(=O)/C=C/c2ccc(OCCCCCCCc3c(N)cc(N)cc3C(=O)O)cc2)cc1. The number of rotatable bonds is 18. The molecule has 0 radical (unpaired) electrons. The van der Waals surface area contributed by atoms with Gasteiger partial charge >= 0.3 is 11.9 Å². The first-order valence-electron chi connectivity index (χ1n) is 15.0. The lowest BCUT2D eigenvalue weighted by Crippen LogP contribution is -2.07. The molecular formula is C35H44N2O5. The van der Waals surface area contributed by atoms with Crippen molar-refractivity contribution < 1.29 is 24.2 Å². The van der Waals surface area contributed by atoms with E-state index in [-0.39, 0.29) is 5.56 Å². The molecule has 0 aliphatic carbocycles. The van der Waals surface area contributed by atoms with E-state index in [0.717, 1.165) is 49.8 Å². The predicted octanol–water partition coefficient (Wildman–Crippen LogP) is 7.86. The highest BCUT2D eigenvalue weighted by Gasteiger charge is 2.14. The molecule has 7 nitrogen and oxygen atoms in total. The third kappa shape index (κ3) is 11.3. The van der Waals surface area contributed by atoms with Crippen molar-refractivity contribution >= 4 is 29.4 Å². The molecule has 5 N–H and O–H groups in total. The zero-order chi connectivity index (χ0) is 30.2. The van der Waals surface area contributed by atoms with E-state index in [1.807, 2.05) is 48.5 Å². The molecule has 3 aromatic carbocycles. The molecule has 224 valence electrons. The van der Waals surface area contributed by atoms with Crippen LogP contribution in [-0.4, -0.2) is 23.7 Å². The molecule has 0 aliphatic rings. The van der Waals surface area contributed by atoms with E-state index in [2.05, 4.69) is 6.92 Å². The molecule has 42 heavy (non-hydrogen) atoms. The van der Waals surface area contributed by atoms with E-state index in [1.165, 1.54) is 43.4 Å². The van der Waals surface area contributed by atoms with Gasteiger partial charge < -0.3 is 26.0 Å². The molecule has 0 heterocycles. The van der Waals surface area contributed by atoms with Crippen molar-refractivity contribution in [1.29, 1.82) is 0 Å². The Morgan fingerprint density at radius 2 is 1.43 bits per heavy atom. The summed E-state index contributed by atoms with van der Waals surface area (Å²) in [4.78, 5) is 23.7. The highest BCUT2D eigenvalue weighted by Crippen LogP contribution is 2.24. The van der Waals surface area contributed by atoms with Crippen molar-refractivity contribution in [3.05, 3.63) is 89.0 Å². The first-order chi connectivity index (χ1) is 20.4. The minimum absolute atomic E-state index is 0.191. The molecule has 0 atom stereocenters. The number of hydrogen-bond donors (Lipinski definition) is 3. The summed E-state index contributed by atoms with van der Waals surface area (Å²) < 4.78 is 11.3. The van der Waals surface area contributed by atoms with Crippen LogP contribution in [0.4, 0.5) is 11.4 Å². The monoisotopic (exact) mass is 572 g/mol. The van der Waals surface area contributed by atoms with Gasteiger partial charge in [0.1, 0.15) is 11.5 Å². The number of aryl methyl sites for hydroxylation is 1. The summed E-state index contributed by atoms with van der Waals surface area (Å²) in [5.74, 6) is -0.0864. The van der Waals surface area contributed by atoms with Gasteiger partial charge in [0.05, 0.1) is 12.2 Å². The molecular weight excluding hydrogens is 528 g/mol. The van der Waals surface area contributed by atoms with Gasteiger partial charge in [-0.15, -0.1) is 0 Å². The lowest BCUT2D eigenvalue weighted by atomic mass is 9.98. The Bertz CT molecular complexity index is 1300. The molecule has 0 fully saturated rings. The van der Waals surface area contributed by atoms with Gasteiger partial charge in [0.2, 0.25) is 0 Å². The van der Waals surface area contributed by atoms with Gasteiger partial charge in [-0.25, -0.2) is 9.59 Å². The summed E-state index contributed by atoms with van der Waals surface area (Å²) in [5.41, 5.74) is 15.5. The van der Waals surface area contributed by atoms with Crippen LogP contribution in [0.2, 0.25) is 0 Å². The van der Waals surface area contributed by atoms with Gasteiger partial charge in [0.15, 0.2) is 0 Å². The molecule has 7 heteroatoms. The second-order valence-corrected chi connectivity index (χ2v) is 10.6. The number of carbonyl (C=O) groups is 2. The van der Waals surface area contributed by atoms with Crippen molar-refractivity contribution in [3.8, 4) is 11.5 Å². The number of benzene rings is 3. The Hall–Kier alpha value is -4.26. The lowest BCUT2D eigenvalue weighted by Gasteiger charge is -2.11. The van der Waals surface area contributed by atoms with Crippen molar-refractivity contribution in [2.24, 2.45) is 0 Å². The fourth-order valence-electron chi connectivity index (χ4n) is 4.78. The van der Waals surface area contributed by atoms with Gasteiger partial charge in [-0.2, -0.15) is 0 Å². The van der Waals surface area contributed by atoms with Gasteiger partial charge in [0.25, 0.3) is 0 Å². The van der Waals surface area contributed by atoms with Crippen LogP contribution in [0.25, 0.3) is 6.08 Å². The second kappa shape index (κ2) is 17.5. The topological polar surface area (TPSA) is 125 Å². The summed E-state index contributed by atoms with van der Waals surface area (Å²) in [7, 11) is 0. The van der Waals surface area contributed by atoms with Gasteiger partial charge in [-0.1, -0.05) is 69.7 Å². The van der Waals surface area contributed by atoms with Crippen LogP contribution in [0.1, 0.15) is 91.8 Å². The van der Waals surface area contributed by atoms with Crippen molar-refractivity contribution in [2.75, 3.05) is 18.1 Å². The summed E-state index contributed by atoms with van der Waals surface area (Å²) >= 11 is 0. The van der Waals surface area contributed by atoms with Gasteiger partial charge in [-0.05, 0) is 91.3 Å². The third-order valence-electron chi connectivity index (χ3n) is 7.13. The Kier molecular flexibility index (Phi) is 13.5. The fourth-order valence-corrected chi connectivity index (χ4v) is 4.78. The van der Waals surface area contributed by atoms with Crippen molar-refractivity contribution in [2.45, 2.75) is 77.6 Å². The van der Waals surface area contributed by atoms with Crippen LogP contribution in [-0.2, 0) is 17.6 Å². The molecule has 0 amide bonds.